The van der Waals surface area contributed by atoms with Gasteiger partial charge in [-0.25, -0.2) is 0 Å². The van der Waals surface area contributed by atoms with E-state index in [1.807, 2.05) is 19.1 Å². The molecule has 0 saturated carbocycles. The third kappa shape index (κ3) is 1.19. The number of nitrogen functional groups attached to an aromatic ring is 1. The molecule has 0 aliphatic carbocycles. The number of nitrogens with zero attached hydrogens (tertiary/aromatic N) is 1. The summed E-state index contributed by atoms with van der Waals surface area (Å²) in [7, 11) is 0. The van der Waals surface area contributed by atoms with Gasteiger partial charge < -0.3 is 5.73 Å². The van der Waals surface area contributed by atoms with E-state index >= 15 is 0 Å². The van der Waals surface area contributed by atoms with Crippen molar-refractivity contribution in [3.05, 3.63) is 24.0 Å². The van der Waals surface area contributed by atoms with Crippen LogP contribution >= 0.6 is 0 Å². The van der Waals surface area contributed by atoms with Gasteiger partial charge in [0.1, 0.15) is 0 Å². The summed E-state index contributed by atoms with van der Waals surface area (Å²) in [5.74, 6) is 0. The first-order valence-corrected chi connectivity index (χ1v) is 3.04. The molecule has 1 aromatic heterocycles. The Bertz CT molecular complexity index is 196. The molecular formula is C7H10N2. The quantitative estimate of drug-likeness (QED) is 0.608. The van der Waals surface area contributed by atoms with Crippen LogP contribution in [0, 0.1) is 0 Å². The van der Waals surface area contributed by atoms with E-state index in [-0.39, 0.29) is 0 Å². The first kappa shape index (κ1) is 6.08. The van der Waals surface area contributed by atoms with E-state index in [2.05, 4.69) is 4.98 Å². The van der Waals surface area contributed by atoms with Crippen LogP contribution in [0.15, 0.2) is 18.3 Å². The summed E-state index contributed by atoms with van der Waals surface area (Å²) in [5, 5.41) is 0. The fraction of sp³-hybridized carbons (Fsp3) is 0.286. The smallest absolute Gasteiger partial charge is 0.0629 e. The zero-order chi connectivity index (χ0) is 6.69. The number of nitrogens with two attached hydrogens (primary N) is 1. The van der Waals surface area contributed by atoms with Crippen LogP contribution in [0.2, 0.25) is 0 Å². The second-order valence-corrected chi connectivity index (χ2v) is 1.89. The second kappa shape index (κ2) is 2.49. The molecule has 2 nitrogen and oxygen atoms in total. The largest absolute Gasteiger partial charge is 0.397 e. The van der Waals surface area contributed by atoms with Crippen LogP contribution in [0.4, 0.5) is 5.69 Å². The maximum atomic E-state index is 5.57. The Morgan fingerprint density at radius 2 is 2.44 bits per heavy atom. The van der Waals surface area contributed by atoms with Crippen LogP contribution in [0.3, 0.4) is 0 Å². The number of rotatable bonds is 1. The summed E-state index contributed by atoms with van der Waals surface area (Å²) in [4.78, 5) is 4.07. The van der Waals surface area contributed by atoms with Crippen molar-refractivity contribution < 1.29 is 0 Å². The Morgan fingerprint density at radius 1 is 1.67 bits per heavy atom. The third-order valence-corrected chi connectivity index (χ3v) is 1.26. The lowest BCUT2D eigenvalue weighted by Gasteiger charge is -1.97. The van der Waals surface area contributed by atoms with Gasteiger partial charge in [0.05, 0.1) is 11.4 Å². The van der Waals surface area contributed by atoms with Gasteiger partial charge in [-0.1, -0.05) is 6.92 Å². The lowest BCUT2D eigenvalue weighted by atomic mass is 10.2. The highest BCUT2D eigenvalue weighted by molar-refractivity contribution is 5.41. The molecule has 0 radical (unpaired) electrons. The summed E-state index contributed by atoms with van der Waals surface area (Å²) in [6.45, 7) is 2.04. The van der Waals surface area contributed by atoms with Crippen molar-refractivity contribution in [1.82, 2.24) is 4.98 Å². The Labute approximate surface area is 54.7 Å². The average Bonchev–Trinajstić information content (AvgIpc) is 1.89. The topological polar surface area (TPSA) is 38.9 Å². The first-order valence-electron chi connectivity index (χ1n) is 3.04. The molecule has 0 spiro atoms. The standard InChI is InChI=1S/C7H10N2/c1-2-7-6(8)4-3-5-9-7/h3-5H,2,8H2,1H3. The van der Waals surface area contributed by atoms with Crippen molar-refractivity contribution in [2.75, 3.05) is 5.73 Å². The Kier molecular flexibility index (Phi) is 1.68. The minimum Gasteiger partial charge on any atom is -0.397 e. The van der Waals surface area contributed by atoms with Crippen molar-refractivity contribution in [3.8, 4) is 0 Å². The number of aromatic nitrogens is 1. The summed E-state index contributed by atoms with van der Waals surface area (Å²) >= 11 is 0. The average molecular weight is 122 g/mol. The van der Waals surface area contributed by atoms with E-state index in [1.54, 1.807) is 6.20 Å². The van der Waals surface area contributed by atoms with Crippen molar-refractivity contribution in [2.24, 2.45) is 0 Å². The van der Waals surface area contributed by atoms with E-state index in [9.17, 15) is 0 Å². The maximum Gasteiger partial charge on any atom is 0.0629 e. The van der Waals surface area contributed by atoms with Crippen LogP contribution in [0.5, 0.6) is 0 Å². The van der Waals surface area contributed by atoms with Gasteiger partial charge in [0.15, 0.2) is 0 Å². The monoisotopic (exact) mass is 122 g/mol. The molecule has 0 aliphatic rings. The molecule has 0 unspecified atom stereocenters. The van der Waals surface area contributed by atoms with Crippen LogP contribution in [-0.2, 0) is 6.42 Å². The Morgan fingerprint density at radius 3 is 2.89 bits per heavy atom. The van der Waals surface area contributed by atoms with Crippen LogP contribution in [0.25, 0.3) is 0 Å². The van der Waals surface area contributed by atoms with E-state index in [0.717, 1.165) is 17.8 Å². The van der Waals surface area contributed by atoms with Crippen molar-refractivity contribution in [1.29, 1.82) is 0 Å². The highest BCUT2D eigenvalue weighted by Crippen LogP contribution is 2.05. The zero-order valence-electron chi connectivity index (χ0n) is 5.46. The second-order valence-electron chi connectivity index (χ2n) is 1.89. The maximum absolute atomic E-state index is 5.57. The van der Waals surface area contributed by atoms with Crippen molar-refractivity contribution >= 4 is 5.69 Å². The molecule has 0 fully saturated rings. The van der Waals surface area contributed by atoms with E-state index in [1.165, 1.54) is 0 Å². The molecule has 2 N–H and O–H groups in total. The zero-order valence-corrected chi connectivity index (χ0v) is 5.46. The first-order chi connectivity index (χ1) is 4.34. The van der Waals surface area contributed by atoms with Gasteiger partial charge in [-0.2, -0.15) is 0 Å². The molecule has 1 aromatic rings. The number of hydrogen-bond acceptors (Lipinski definition) is 2. The predicted octanol–water partition coefficient (Wildman–Crippen LogP) is 1.23. The Hall–Kier alpha value is -1.05. The number of pyridine rings is 1. The van der Waals surface area contributed by atoms with E-state index in [4.69, 9.17) is 5.73 Å². The summed E-state index contributed by atoms with van der Waals surface area (Å²) in [6, 6.07) is 3.71. The minimum absolute atomic E-state index is 0.792. The molecule has 1 rings (SSSR count). The number of hydrogen-bond donors (Lipinski definition) is 1. The Balaban J connectivity index is 3.01. The molecule has 0 amide bonds. The molecular weight excluding hydrogens is 112 g/mol. The molecule has 0 bridgehead atoms. The van der Waals surface area contributed by atoms with Gasteiger partial charge in [-0.05, 0) is 18.6 Å². The van der Waals surface area contributed by atoms with Gasteiger partial charge in [0.25, 0.3) is 0 Å². The van der Waals surface area contributed by atoms with Gasteiger partial charge >= 0.3 is 0 Å². The molecule has 0 saturated heterocycles. The molecule has 48 valence electrons. The molecule has 9 heavy (non-hydrogen) atoms. The van der Waals surface area contributed by atoms with Crippen molar-refractivity contribution in [3.63, 3.8) is 0 Å². The summed E-state index contributed by atoms with van der Waals surface area (Å²) in [5.41, 5.74) is 7.34. The molecule has 0 aliphatic heterocycles. The lowest BCUT2D eigenvalue weighted by molar-refractivity contribution is 1.04. The van der Waals surface area contributed by atoms with E-state index in [0.29, 0.717) is 0 Å². The fourth-order valence-electron chi connectivity index (χ4n) is 0.746. The summed E-state index contributed by atoms with van der Waals surface area (Å²) < 4.78 is 0. The number of anilines is 1. The molecule has 2 heteroatoms. The van der Waals surface area contributed by atoms with Crippen LogP contribution < -0.4 is 5.73 Å². The van der Waals surface area contributed by atoms with E-state index < -0.39 is 0 Å². The molecule has 0 aromatic carbocycles. The van der Waals surface area contributed by atoms with Crippen LogP contribution in [-0.4, -0.2) is 4.98 Å². The van der Waals surface area contributed by atoms with Gasteiger partial charge in [-0.3, -0.25) is 4.98 Å². The predicted molar refractivity (Wildman–Crippen MR) is 38.0 cm³/mol. The fourth-order valence-corrected chi connectivity index (χ4v) is 0.746. The van der Waals surface area contributed by atoms with Gasteiger partial charge in [0, 0.05) is 6.20 Å². The van der Waals surface area contributed by atoms with Gasteiger partial charge in [0.2, 0.25) is 0 Å². The SMILES string of the molecule is CCc1ncccc1N. The van der Waals surface area contributed by atoms with Crippen molar-refractivity contribution in [2.45, 2.75) is 13.3 Å². The number of aryl methyl sites for hydroxylation is 1. The van der Waals surface area contributed by atoms with Crippen LogP contribution in [0.1, 0.15) is 12.6 Å². The highest BCUT2D eigenvalue weighted by atomic mass is 14.7. The molecule has 1 heterocycles. The summed E-state index contributed by atoms with van der Waals surface area (Å²) in [6.07, 6.45) is 2.67. The highest BCUT2D eigenvalue weighted by Gasteiger charge is 1.92. The lowest BCUT2D eigenvalue weighted by Crippen LogP contribution is -1.94. The van der Waals surface area contributed by atoms with Gasteiger partial charge in [-0.15, -0.1) is 0 Å². The minimum atomic E-state index is 0.792. The normalized spacial score (nSPS) is 9.44. The third-order valence-electron chi connectivity index (χ3n) is 1.26. The molecule has 0 atom stereocenters.